The van der Waals surface area contributed by atoms with Gasteiger partial charge in [-0.25, -0.2) is 15.1 Å². The summed E-state index contributed by atoms with van der Waals surface area (Å²) in [4.78, 5) is 30.2. The van der Waals surface area contributed by atoms with E-state index in [0.29, 0.717) is 22.8 Å². The number of hydrazine groups is 1. The van der Waals surface area contributed by atoms with Crippen LogP contribution in [0.1, 0.15) is 47.8 Å². The molecule has 0 spiro atoms. The Labute approximate surface area is 248 Å². The number of hydrogen-bond acceptors (Lipinski definition) is 8. The molecule has 0 saturated heterocycles. The third-order valence-electron chi connectivity index (χ3n) is 6.41. The fourth-order valence-electron chi connectivity index (χ4n) is 4.00. The van der Waals surface area contributed by atoms with E-state index in [1.807, 2.05) is 45.9 Å². The molecule has 0 aliphatic heterocycles. The molecular weight excluding hydrogens is 556 g/mol. The highest BCUT2D eigenvalue weighted by Gasteiger charge is 2.23. The van der Waals surface area contributed by atoms with Gasteiger partial charge in [0.15, 0.2) is 11.4 Å². The molecule has 0 radical (unpaired) electrons. The lowest BCUT2D eigenvalue weighted by molar-refractivity contribution is -0.307. The van der Waals surface area contributed by atoms with E-state index < -0.39 is 22.8 Å². The number of aryl methyl sites for hydroxylation is 1. The molecule has 3 rings (SSSR count). The molecule has 1 heterocycles. The molecule has 0 saturated carbocycles. The van der Waals surface area contributed by atoms with Gasteiger partial charge >= 0.3 is 0 Å². The number of nitrogens with two attached hydrogens (primary N) is 2. The molecule has 3 aromatic rings. The first-order valence-electron chi connectivity index (χ1n) is 13.0. The van der Waals surface area contributed by atoms with Crippen LogP contribution in [0.3, 0.4) is 0 Å². The van der Waals surface area contributed by atoms with Crippen LogP contribution in [-0.2, 0) is 27.7 Å². The lowest BCUT2D eigenvalue weighted by Crippen LogP contribution is -2.61. The highest BCUT2D eigenvalue weighted by Crippen LogP contribution is 2.39. The summed E-state index contributed by atoms with van der Waals surface area (Å²) in [5, 5.41) is 6.79. The summed E-state index contributed by atoms with van der Waals surface area (Å²) in [6.45, 7) is 8.13. The number of carbonyl (C=O) groups excluding carboxylic acids is 2. The van der Waals surface area contributed by atoms with Gasteiger partial charge in [-0.3, -0.25) is 14.6 Å². The van der Waals surface area contributed by atoms with Crippen molar-refractivity contribution in [3.63, 3.8) is 0 Å². The number of benzene rings is 2. The van der Waals surface area contributed by atoms with E-state index in [1.165, 1.54) is 18.4 Å². The average Bonchev–Trinajstić information content (AvgIpc) is 2.94. The zero-order valence-corrected chi connectivity index (χ0v) is 25.5. The van der Waals surface area contributed by atoms with Crippen molar-refractivity contribution < 1.29 is 24.3 Å². The molecule has 1 aromatic heterocycles. The molecule has 42 heavy (non-hydrogen) atoms. The highest BCUT2D eigenvalue weighted by atomic mass is 32.2. The number of rotatable bonds is 10. The average molecular weight is 596 g/mol. The van der Waals surface area contributed by atoms with Crippen molar-refractivity contribution in [1.82, 2.24) is 10.3 Å². The molecule has 1 unspecified atom stereocenters. The zero-order valence-electron chi connectivity index (χ0n) is 24.7. The number of amides is 2. The van der Waals surface area contributed by atoms with Crippen LogP contribution in [-0.4, -0.2) is 34.4 Å². The number of methoxy groups -OCH3 is 1. The highest BCUT2D eigenvalue weighted by molar-refractivity contribution is 7.85. The van der Waals surface area contributed by atoms with Crippen LogP contribution in [0.2, 0.25) is 0 Å². The number of nitrogens with zero attached hydrogens (tertiary/aromatic N) is 2. The fourth-order valence-corrected chi connectivity index (χ4v) is 4.46. The quantitative estimate of drug-likeness (QED) is 0.116. The summed E-state index contributed by atoms with van der Waals surface area (Å²) >= 11 is 0. The molecule has 224 valence electrons. The molecule has 2 aromatic carbocycles. The molecule has 1 atom stereocenters. The van der Waals surface area contributed by atoms with Crippen molar-refractivity contribution in [1.29, 1.82) is 0 Å². The summed E-state index contributed by atoms with van der Waals surface area (Å²) in [7, 11) is 0.105. The van der Waals surface area contributed by atoms with Crippen LogP contribution >= 0.6 is 0 Å². The lowest BCUT2D eigenvalue weighted by Gasteiger charge is -2.24. The standard InChI is InChI=1S/C29H38N8O4S/c1-17-9-10-19(12-23(17)37(32)26(31)24(30)28(39)34-16-18-8-7-11-33-15-18)27(38)35-21-13-20(29(2,3)4)14-22(25(21)41-5)36-42(6)40/h7-15,36H,16,30-32H2,1-6H3,(H,34,39)(H,35,38)/p+1. The Hall–Kier alpha value is -4.46. The third kappa shape index (κ3) is 7.84. The van der Waals surface area contributed by atoms with Crippen LogP contribution in [0.25, 0.3) is 0 Å². The largest absolute Gasteiger partial charge is 0.492 e. The van der Waals surface area contributed by atoms with Gasteiger partial charge in [0.1, 0.15) is 11.0 Å². The summed E-state index contributed by atoms with van der Waals surface area (Å²) in [6.07, 6.45) is 4.79. The van der Waals surface area contributed by atoms with Crippen molar-refractivity contribution in [3.8, 4) is 5.75 Å². The van der Waals surface area contributed by atoms with E-state index in [0.717, 1.165) is 16.7 Å². The van der Waals surface area contributed by atoms with Gasteiger partial charge in [0.05, 0.1) is 24.2 Å². The van der Waals surface area contributed by atoms with Crippen molar-refractivity contribution >= 4 is 39.9 Å². The Bertz CT molecular complexity index is 1520. The Morgan fingerprint density at radius 3 is 2.43 bits per heavy atom. The molecule has 2 amide bonds. The van der Waals surface area contributed by atoms with Crippen LogP contribution in [0, 0.1) is 6.92 Å². The van der Waals surface area contributed by atoms with E-state index in [2.05, 4.69) is 26.1 Å². The molecule has 12 nitrogen and oxygen atoms in total. The van der Waals surface area contributed by atoms with Gasteiger partial charge in [0.25, 0.3) is 11.8 Å². The fraction of sp³-hybridized carbons (Fsp3) is 0.276. The van der Waals surface area contributed by atoms with Crippen molar-refractivity contribution in [2.45, 2.75) is 39.7 Å². The normalized spacial score (nSPS) is 12.6. The second kappa shape index (κ2) is 13.5. The second-order valence-electron chi connectivity index (χ2n) is 10.6. The lowest BCUT2D eigenvalue weighted by atomic mass is 9.86. The summed E-state index contributed by atoms with van der Waals surface area (Å²) in [5.41, 5.74) is 13.6. The van der Waals surface area contributed by atoms with Crippen molar-refractivity contribution in [2.75, 3.05) is 28.4 Å². The van der Waals surface area contributed by atoms with Gasteiger partial charge in [-0.1, -0.05) is 32.9 Å². The number of hydrogen-bond donors (Lipinski definition) is 6. The smallest absolute Gasteiger partial charge is 0.275 e. The maximum Gasteiger partial charge on any atom is 0.275 e. The number of anilines is 3. The number of pyridine rings is 1. The molecule has 13 heteroatoms. The molecule has 10 N–H and O–H groups in total. The maximum atomic E-state index is 13.5. The van der Waals surface area contributed by atoms with Gasteiger partial charge < -0.3 is 31.6 Å². The Kier molecular flexibility index (Phi) is 10.3. The predicted molar refractivity (Wildman–Crippen MR) is 165 cm³/mol. The molecule has 0 aliphatic carbocycles. The van der Waals surface area contributed by atoms with Gasteiger partial charge in [0, 0.05) is 30.8 Å². The number of nitrogens with one attached hydrogen (secondary N) is 3. The van der Waals surface area contributed by atoms with Crippen LogP contribution in [0.15, 0.2) is 66.4 Å². The minimum atomic E-state index is -1.37. The van der Waals surface area contributed by atoms with E-state index >= 15 is 0 Å². The summed E-state index contributed by atoms with van der Waals surface area (Å²) in [6, 6.07) is 12.2. The van der Waals surface area contributed by atoms with Gasteiger partial charge in [-0.05, 0) is 59.4 Å². The number of aromatic nitrogens is 1. The first-order valence-corrected chi connectivity index (χ1v) is 14.6. The van der Waals surface area contributed by atoms with E-state index in [9.17, 15) is 13.8 Å². The number of ether oxygens (including phenoxy) is 1. The molecule has 0 fully saturated rings. The first-order chi connectivity index (χ1) is 19.7. The van der Waals surface area contributed by atoms with Crippen LogP contribution in [0.5, 0.6) is 5.75 Å². The van der Waals surface area contributed by atoms with Gasteiger partial charge in [0.2, 0.25) is 5.82 Å². The maximum absolute atomic E-state index is 13.5. The summed E-state index contributed by atoms with van der Waals surface area (Å²) in [5.74, 6) is 5.76. The second-order valence-corrected chi connectivity index (χ2v) is 11.8. The number of quaternary nitrogens is 1. The molecular formula is C29H39N8O4S+. The molecule has 0 aliphatic rings. The topological polar surface area (TPSA) is 192 Å². The monoisotopic (exact) mass is 595 g/mol. The Balaban J connectivity index is 1.90. The minimum Gasteiger partial charge on any atom is -0.492 e. The predicted octanol–water partition coefficient (Wildman–Crippen LogP) is 2.02. The van der Waals surface area contributed by atoms with Crippen molar-refractivity contribution in [3.05, 3.63) is 88.6 Å². The van der Waals surface area contributed by atoms with E-state index in [-0.39, 0.29) is 29.0 Å². The number of carbonyl (C=O) groups is 2. The minimum absolute atomic E-state index is 0.0576. The Morgan fingerprint density at radius 1 is 1.14 bits per heavy atom. The third-order valence-corrected chi connectivity index (χ3v) is 6.92. The van der Waals surface area contributed by atoms with Crippen molar-refractivity contribution in [2.24, 2.45) is 11.6 Å². The summed E-state index contributed by atoms with van der Waals surface area (Å²) < 4.78 is 20.4. The zero-order chi connectivity index (χ0) is 31.2. The van der Waals surface area contributed by atoms with Crippen LogP contribution < -0.4 is 42.4 Å². The first kappa shape index (κ1) is 32.1. The van der Waals surface area contributed by atoms with Gasteiger partial charge in [-0.15, -0.1) is 0 Å². The van der Waals surface area contributed by atoms with Crippen LogP contribution in [0.4, 0.5) is 17.1 Å². The van der Waals surface area contributed by atoms with E-state index in [4.69, 9.17) is 16.3 Å². The molecule has 0 bridgehead atoms. The Morgan fingerprint density at radius 2 is 1.83 bits per heavy atom. The van der Waals surface area contributed by atoms with Gasteiger partial charge in [-0.2, -0.15) is 0 Å². The SMILES string of the molecule is COc1c(NC(=O)c2ccc(C)c(N(N)C([NH3+])=C(N)C(=O)NCc3cccnc3)c2)cc(C(C)(C)C)cc1NS(C)=O. The van der Waals surface area contributed by atoms with E-state index in [1.54, 1.807) is 36.7 Å².